The van der Waals surface area contributed by atoms with Crippen molar-refractivity contribution < 1.29 is 10.8 Å². The number of hydrogen-bond acceptors (Lipinski definition) is 4. The number of fused-ring (bicyclic) bond motifs is 11. The van der Waals surface area contributed by atoms with Crippen molar-refractivity contribution in [1.29, 1.82) is 0 Å². The number of ether oxygens (including phenoxy) is 2. The molecule has 0 radical (unpaired) electrons. The van der Waals surface area contributed by atoms with Crippen LogP contribution in [-0.4, -0.2) is 18.0 Å². The smallest absolute Gasteiger partial charge is 0.256 e. The topological polar surface area (TPSA) is 29.9 Å². The number of aryl methyl sites for hydroxylation is 2. The molecule has 430 valence electrons. The fourth-order valence-electron chi connectivity index (χ4n) is 15.2. The van der Waals surface area contributed by atoms with Gasteiger partial charge in [0.25, 0.3) is 13.4 Å². The first-order valence-corrected chi connectivity index (χ1v) is 31.7. The maximum absolute atomic E-state index is 11.6. The molecule has 5 nitrogen and oxygen atoms in total. The second-order valence-electron chi connectivity index (χ2n) is 26.0. The van der Waals surface area contributed by atoms with Gasteiger partial charge >= 0.3 is 0 Å². The van der Waals surface area contributed by atoms with E-state index < -0.39 is 13.4 Å². The summed E-state index contributed by atoms with van der Waals surface area (Å²) in [7, 11) is 0. The largest absolute Gasteiger partial charge is 0.458 e. The van der Waals surface area contributed by atoms with Gasteiger partial charge in [-0.05, 0) is 158 Å². The van der Waals surface area contributed by atoms with Crippen molar-refractivity contribution in [2.24, 2.45) is 0 Å². The van der Waals surface area contributed by atoms with Gasteiger partial charge in [0.2, 0.25) is 0 Å². The Morgan fingerprint density at radius 2 is 0.879 bits per heavy atom. The Morgan fingerprint density at radius 3 is 1.53 bits per heavy atom. The van der Waals surface area contributed by atoms with Crippen LogP contribution in [0.1, 0.15) is 38.8 Å². The van der Waals surface area contributed by atoms with Crippen molar-refractivity contribution >= 4 is 102 Å². The van der Waals surface area contributed by atoms with Crippen LogP contribution >= 0.6 is 0 Å². The van der Waals surface area contributed by atoms with Crippen molar-refractivity contribution in [3.63, 3.8) is 0 Å². The van der Waals surface area contributed by atoms with E-state index in [9.17, 15) is 1.37 Å². The van der Waals surface area contributed by atoms with Gasteiger partial charge in [-0.25, -0.2) is 0 Å². The van der Waals surface area contributed by atoms with Crippen LogP contribution in [0.15, 0.2) is 279 Å². The lowest BCUT2D eigenvalue weighted by Gasteiger charge is -2.44. The second-order valence-corrected chi connectivity index (χ2v) is 26.0. The van der Waals surface area contributed by atoms with Crippen LogP contribution < -0.4 is 52.1 Å². The van der Waals surface area contributed by atoms with Crippen LogP contribution in [0.2, 0.25) is 0 Å². The first-order chi connectivity index (χ1) is 45.0. The molecule has 0 saturated heterocycles. The van der Waals surface area contributed by atoms with Crippen molar-refractivity contribution in [2.75, 3.05) is 9.80 Å². The molecule has 14 aromatic rings. The molecule has 0 fully saturated rings. The van der Waals surface area contributed by atoms with Gasteiger partial charge in [0, 0.05) is 62.0 Å². The van der Waals surface area contributed by atoms with Crippen molar-refractivity contribution in [3.8, 4) is 73.2 Å². The highest BCUT2D eigenvalue weighted by atomic mass is 16.5. The number of rotatable bonds is 7. The zero-order valence-corrected chi connectivity index (χ0v) is 51.3. The number of anilines is 6. The molecule has 5 heterocycles. The highest BCUT2D eigenvalue weighted by Gasteiger charge is 2.48. The molecule has 0 bridgehead atoms. The van der Waals surface area contributed by atoms with E-state index in [1.807, 2.05) is 0 Å². The third kappa shape index (κ3) is 8.27. The van der Waals surface area contributed by atoms with Gasteiger partial charge in [-0.15, -0.1) is 0 Å². The van der Waals surface area contributed by atoms with Gasteiger partial charge in [0.15, 0.2) is 0 Å². The third-order valence-corrected chi connectivity index (χ3v) is 19.4. The molecule has 0 amide bonds. The summed E-state index contributed by atoms with van der Waals surface area (Å²) < 4.78 is 29.1. The zero-order chi connectivity index (χ0) is 61.7. The van der Waals surface area contributed by atoms with Gasteiger partial charge in [0.05, 0.1) is 23.8 Å². The molecule has 1 aromatic heterocycles. The summed E-state index contributed by atoms with van der Waals surface area (Å²) in [6, 6.07) is 99.7. The lowest BCUT2D eigenvalue weighted by molar-refractivity contribution is 0.483. The average Bonchev–Trinajstić information content (AvgIpc) is 0.781. The Labute approximate surface area is 533 Å². The molecule has 13 aromatic carbocycles. The number of benzene rings is 13. The number of nitrogens with zero attached hydrogens (tertiary/aromatic N) is 3. The van der Waals surface area contributed by atoms with Gasteiger partial charge < -0.3 is 23.8 Å². The van der Waals surface area contributed by atoms with Crippen LogP contribution in [0.25, 0.3) is 72.0 Å². The van der Waals surface area contributed by atoms with Gasteiger partial charge in [-0.3, -0.25) is 0 Å². The Balaban J connectivity index is 0.965. The lowest BCUT2D eigenvalue weighted by atomic mass is 9.31. The van der Waals surface area contributed by atoms with Crippen LogP contribution in [0.3, 0.4) is 0 Å². The fourth-order valence-corrected chi connectivity index (χ4v) is 15.2. The van der Waals surface area contributed by atoms with E-state index in [1.54, 1.807) is 0 Å². The second kappa shape index (κ2) is 20.3. The minimum Gasteiger partial charge on any atom is -0.458 e. The molecule has 0 aliphatic carbocycles. The van der Waals surface area contributed by atoms with E-state index >= 15 is 0 Å². The SMILES string of the molecule is [2H]c1c2c(cc3c1B1c4ccccc4Oc4cc(-c5ccccc5)cc(c41)N3c1c(-c3ccccc3)cccc1-c1ccccc1)Oc1cc(C(C)(C)C)cc3c1B2c1ccc(-n2c4ccc(C)cc4c4cc(C)ccc42)cc1N3c1ccccc1-c1ccccc1. The fraction of sp³-hybridized carbons (Fsp3) is 0.0714. The molecule has 18 rings (SSSR count). The van der Waals surface area contributed by atoms with E-state index in [4.69, 9.17) is 9.47 Å². The van der Waals surface area contributed by atoms with Crippen molar-refractivity contribution in [2.45, 2.75) is 40.0 Å². The zero-order valence-electron chi connectivity index (χ0n) is 52.3. The van der Waals surface area contributed by atoms with Crippen LogP contribution in [0.5, 0.6) is 23.0 Å². The Hall–Kier alpha value is -11.0. The summed E-state index contributed by atoms with van der Waals surface area (Å²) >= 11 is 0. The Morgan fingerprint density at radius 1 is 0.352 bits per heavy atom. The Bertz CT molecular complexity index is 5270. The van der Waals surface area contributed by atoms with Gasteiger partial charge in [-0.2, -0.15) is 0 Å². The summed E-state index contributed by atoms with van der Waals surface area (Å²) in [5.41, 5.74) is 27.2. The van der Waals surface area contributed by atoms with Gasteiger partial charge in [-0.1, -0.05) is 232 Å². The summed E-state index contributed by atoms with van der Waals surface area (Å²) in [5, 5.41) is 2.46. The maximum Gasteiger partial charge on any atom is 0.256 e. The van der Waals surface area contributed by atoms with E-state index in [2.05, 4.69) is 322 Å². The highest BCUT2D eigenvalue weighted by molar-refractivity contribution is 7.02. The van der Waals surface area contributed by atoms with Gasteiger partial charge in [0.1, 0.15) is 23.0 Å². The molecule has 7 heteroatoms. The quantitative estimate of drug-likeness (QED) is 0.149. The summed E-state index contributed by atoms with van der Waals surface area (Å²) in [6.45, 7) is 10.4. The van der Waals surface area contributed by atoms with E-state index in [1.165, 1.54) is 21.9 Å². The van der Waals surface area contributed by atoms with Crippen molar-refractivity contribution in [3.05, 3.63) is 296 Å². The molecular formula is C84H61B2N3O2. The molecule has 4 aliphatic heterocycles. The van der Waals surface area contributed by atoms with Crippen molar-refractivity contribution in [1.82, 2.24) is 4.57 Å². The predicted molar refractivity (Wildman–Crippen MR) is 382 cm³/mol. The van der Waals surface area contributed by atoms with Crippen LogP contribution in [0, 0.1) is 13.8 Å². The molecule has 0 atom stereocenters. The van der Waals surface area contributed by atoms with E-state index in [0.29, 0.717) is 11.8 Å². The number of hydrogen-bond donors (Lipinski definition) is 0. The average molecular weight is 1170 g/mol. The first kappa shape index (κ1) is 52.0. The highest BCUT2D eigenvalue weighted by Crippen LogP contribution is 2.52. The molecule has 0 N–H and O–H groups in total. The minimum atomic E-state index is -0.426. The monoisotopic (exact) mass is 1170 g/mol. The summed E-state index contributed by atoms with van der Waals surface area (Å²) in [5.74, 6) is 3.01. The third-order valence-electron chi connectivity index (χ3n) is 19.4. The molecule has 0 unspecified atom stereocenters. The minimum absolute atomic E-state index is 0.285. The standard InChI is InChI=1S/C84H61B2N3O2/c1-52-37-41-71-64(43-52)65-44-53(2)38-42-72(65)87(71)60-39-40-66-73(49-60)88(70-35-20-18-31-61(70)55-25-12-7-13-26-55)76-47-59(84(3,4)5)48-80-82(76)85(66)69-50-68-74(51-78(69)91-80)89(83-62(56-27-14-8-15-28-56)32-22-33-63(83)57-29-16-9-17-30-57)75-45-58(54-23-10-6-11-24-54)46-79-81(75)86(68)67-34-19-21-36-77(67)90-79/h6-51H,1-5H3/i50D. The van der Waals surface area contributed by atoms with E-state index in [-0.39, 0.29) is 5.41 Å². The van der Waals surface area contributed by atoms with Crippen LogP contribution in [-0.2, 0) is 5.41 Å². The molecular weight excluding hydrogens is 1100 g/mol. The summed E-state index contributed by atoms with van der Waals surface area (Å²) in [4.78, 5) is 4.98. The van der Waals surface area contributed by atoms with E-state index in [0.717, 1.165) is 151 Å². The lowest BCUT2D eigenvalue weighted by Crippen LogP contribution is -2.63. The molecule has 4 aliphatic rings. The normalized spacial score (nSPS) is 13.4. The summed E-state index contributed by atoms with van der Waals surface area (Å²) in [6.07, 6.45) is 0. The number of aromatic nitrogens is 1. The molecule has 0 saturated carbocycles. The first-order valence-electron chi connectivity index (χ1n) is 32.2. The Kier molecular flexibility index (Phi) is 11.6. The predicted octanol–water partition coefficient (Wildman–Crippen LogP) is 18.2. The van der Waals surface area contributed by atoms with Crippen LogP contribution in [0.4, 0.5) is 34.1 Å². The molecule has 91 heavy (non-hydrogen) atoms. The number of para-hydroxylation sites is 3. The maximum atomic E-state index is 11.6. The molecule has 0 spiro atoms.